The minimum atomic E-state index is -3.57. The molecule has 6 nitrogen and oxygen atoms in total. The van der Waals surface area contributed by atoms with Gasteiger partial charge in [0, 0.05) is 31.9 Å². The van der Waals surface area contributed by atoms with Crippen LogP contribution in [0.15, 0.2) is 11.2 Å². The first-order valence-electron chi connectivity index (χ1n) is 7.65. The number of aryl methyl sites for hydroxylation is 2. The number of hydrogen-bond acceptors (Lipinski definition) is 4. The minimum absolute atomic E-state index is 0.0858. The highest BCUT2D eigenvalue weighted by atomic mass is 32.2. The maximum absolute atomic E-state index is 12.7. The monoisotopic (exact) mass is 314 g/mol. The molecule has 1 aromatic heterocycles. The van der Waals surface area contributed by atoms with E-state index in [4.69, 9.17) is 5.73 Å². The summed E-state index contributed by atoms with van der Waals surface area (Å²) in [5.41, 5.74) is 6.11. The van der Waals surface area contributed by atoms with Crippen LogP contribution in [-0.4, -0.2) is 41.4 Å². The van der Waals surface area contributed by atoms with Gasteiger partial charge in [-0.05, 0) is 26.2 Å². The van der Waals surface area contributed by atoms with Gasteiger partial charge in [0.05, 0.1) is 0 Å². The largest absolute Gasteiger partial charge is 0.334 e. The van der Waals surface area contributed by atoms with Crippen molar-refractivity contribution in [1.82, 2.24) is 13.9 Å². The fraction of sp³-hybridized carbons (Fsp3) is 0.786. The highest BCUT2D eigenvalue weighted by Gasteiger charge is 2.34. The van der Waals surface area contributed by atoms with E-state index in [1.807, 2.05) is 11.5 Å². The van der Waals surface area contributed by atoms with Crippen LogP contribution in [0.3, 0.4) is 0 Å². The Balaban J connectivity index is 2.26. The third kappa shape index (κ3) is 3.30. The quantitative estimate of drug-likeness (QED) is 0.893. The molecule has 120 valence electrons. The van der Waals surface area contributed by atoms with Gasteiger partial charge in [0.25, 0.3) is 10.0 Å². The second kappa shape index (κ2) is 6.46. The Hall–Kier alpha value is -0.920. The number of nitrogens with two attached hydrogens (primary N) is 1. The molecule has 1 saturated carbocycles. The first kappa shape index (κ1) is 16.5. The molecular formula is C14H26N4O2S. The van der Waals surface area contributed by atoms with Crippen LogP contribution in [0.4, 0.5) is 0 Å². The summed E-state index contributed by atoms with van der Waals surface area (Å²) in [6.07, 6.45) is 6.40. The molecule has 1 aromatic rings. The third-order valence-electron chi connectivity index (χ3n) is 4.31. The number of likely N-dealkylation sites (N-methyl/N-ethyl adjacent to an activating group) is 1. The molecule has 2 rings (SSSR count). The topological polar surface area (TPSA) is 81.2 Å². The Morgan fingerprint density at radius 1 is 1.43 bits per heavy atom. The van der Waals surface area contributed by atoms with E-state index in [0.29, 0.717) is 0 Å². The van der Waals surface area contributed by atoms with E-state index in [0.717, 1.165) is 44.5 Å². The summed E-state index contributed by atoms with van der Waals surface area (Å²) in [6.45, 7) is 4.67. The number of sulfonamides is 1. The van der Waals surface area contributed by atoms with Gasteiger partial charge in [-0.3, -0.25) is 0 Å². The van der Waals surface area contributed by atoms with Crippen molar-refractivity contribution in [3.05, 3.63) is 12.0 Å². The first-order chi connectivity index (χ1) is 9.87. The molecule has 0 aromatic carbocycles. The lowest BCUT2D eigenvalue weighted by molar-refractivity contribution is 0.252. The molecule has 2 unspecified atom stereocenters. The normalized spacial score (nSPS) is 23.7. The van der Waals surface area contributed by atoms with Crippen LogP contribution in [0.25, 0.3) is 0 Å². The minimum Gasteiger partial charge on any atom is -0.334 e. The zero-order valence-corrected chi connectivity index (χ0v) is 13.9. The molecule has 1 aliphatic carbocycles. The van der Waals surface area contributed by atoms with E-state index in [9.17, 15) is 8.42 Å². The van der Waals surface area contributed by atoms with Crippen molar-refractivity contribution in [3.63, 3.8) is 0 Å². The van der Waals surface area contributed by atoms with Gasteiger partial charge in [-0.25, -0.2) is 13.4 Å². The Bertz CT molecular complexity index is 582. The summed E-state index contributed by atoms with van der Waals surface area (Å²) in [4.78, 5) is 4.23. The van der Waals surface area contributed by atoms with Gasteiger partial charge < -0.3 is 10.3 Å². The van der Waals surface area contributed by atoms with Gasteiger partial charge in [0.15, 0.2) is 5.03 Å². The van der Waals surface area contributed by atoms with Crippen LogP contribution in [0.1, 0.15) is 44.9 Å². The van der Waals surface area contributed by atoms with Crippen molar-refractivity contribution in [2.75, 3.05) is 7.05 Å². The van der Waals surface area contributed by atoms with Crippen LogP contribution in [0, 0.1) is 6.92 Å². The van der Waals surface area contributed by atoms with Crippen LogP contribution in [0.2, 0.25) is 0 Å². The maximum Gasteiger partial charge on any atom is 0.262 e. The van der Waals surface area contributed by atoms with Crippen LogP contribution >= 0.6 is 0 Å². The molecule has 1 heterocycles. The average molecular weight is 314 g/mol. The Morgan fingerprint density at radius 3 is 2.71 bits per heavy atom. The molecule has 0 amide bonds. The maximum atomic E-state index is 12.7. The number of nitrogens with zero attached hydrogens (tertiary/aromatic N) is 3. The second-order valence-electron chi connectivity index (χ2n) is 5.86. The van der Waals surface area contributed by atoms with Gasteiger partial charge in [-0.15, -0.1) is 0 Å². The van der Waals surface area contributed by atoms with Crippen molar-refractivity contribution in [1.29, 1.82) is 0 Å². The molecule has 0 radical (unpaired) electrons. The van der Waals surface area contributed by atoms with E-state index in [1.54, 1.807) is 13.2 Å². The van der Waals surface area contributed by atoms with E-state index in [1.165, 1.54) is 4.31 Å². The second-order valence-corrected chi connectivity index (χ2v) is 7.80. The lowest BCUT2D eigenvalue weighted by atomic mass is 9.91. The van der Waals surface area contributed by atoms with E-state index >= 15 is 0 Å². The number of hydrogen-bond donors (Lipinski definition) is 1. The summed E-state index contributed by atoms with van der Waals surface area (Å²) in [6, 6.07) is -0.210. The molecule has 0 bridgehead atoms. The molecule has 7 heteroatoms. The predicted molar refractivity (Wildman–Crippen MR) is 82.4 cm³/mol. The van der Waals surface area contributed by atoms with Gasteiger partial charge in [0.2, 0.25) is 0 Å². The summed E-state index contributed by atoms with van der Waals surface area (Å²) in [7, 11) is -1.95. The molecule has 0 aliphatic heterocycles. The van der Waals surface area contributed by atoms with Crippen LogP contribution in [-0.2, 0) is 16.6 Å². The number of imidazole rings is 1. The molecule has 0 saturated heterocycles. The molecule has 2 atom stereocenters. The van der Waals surface area contributed by atoms with Crippen LogP contribution < -0.4 is 5.73 Å². The molecule has 21 heavy (non-hydrogen) atoms. The summed E-state index contributed by atoms with van der Waals surface area (Å²) in [5, 5.41) is 0.133. The lowest BCUT2D eigenvalue weighted by Gasteiger charge is -2.34. The highest BCUT2D eigenvalue weighted by molar-refractivity contribution is 7.89. The van der Waals surface area contributed by atoms with E-state index in [2.05, 4.69) is 11.9 Å². The van der Waals surface area contributed by atoms with E-state index < -0.39 is 10.0 Å². The average Bonchev–Trinajstić information content (AvgIpc) is 2.81. The van der Waals surface area contributed by atoms with E-state index in [-0.39, 0.29) is 17.1 Å². The van der Waals surface area contributed by atoms with Crippen LogP contribution in [0.5, 0.6) is 0 Å². The Labute approximate surface area is 127 Å². The third-order valence-corrected chi connectivity index (χ3v) is 6.06. The van der Waals surface area contributed by atoms with Gasteiger partial charge in [0.1, 0.15) is 5.82 Å². The van der Waals surface area contributed by atoms with Crippen molar-refractivity contribution in [2.24, 2.45) is 5.73 Å². The van der Waals surface area contributed by atoms with Gasteiger partial charge in [-0.2, -0.15) is 4.31 Å². The smallest absolute Gasteiger partial charge is 0.262 e. The number of aromatic nitrogens is 2. The van der Waals surface area contributed by atoms with Crippen molar-refractivity contribution in [3.8, 4) is 0 Å². The van der Waals surface area contributed by atoms with Crippen molar-refractivity contribution in [2.45, 2.75) is 69.6 Å². The summed E-state index contributed by atoms with van der Waals surface area (Å²) >= 11 is 0. The summed E-state index contributed by atoms with van der Waals surface area (Å²) < 4.78 is 28.8. The fourth-order valence-electron chi connectivity index (χ4n) is 2.99. The fourth-order valence-corrected chi connectivity index (χ4v) is 4.41. The zero-order valence-electron chi connectivity index (χ0n) is 13.1. The van der Waals surface area contributed by atoms with Crippen molar-refractivity contribution >= 4 is 10.0 Å². The zero-order chi connectivity index (χ0) is 15.6. The highest BCUT2D eigenvalue weighted by Crippen LogP contribution is 2.25. The standard InChI is InChI=1S/C14H26N4O2S/c1-4-9-18-10-14(16-11(18)2)21(19,20)17(3)13-8-6-5-7-12(13)15/h10,12-13H,4-9,15H2,1-3H3. The van der Waals surface area contributed by atoms with Gasteiger partial charge >= 0.3 is 0 Å². The molecule has 1 fully saturated rings. The number of rotatable bonds is 5. The first-order valence-corrected chi connectivity index (χ1v) is 9.09. The molecule has 2 N–H and O–H groups in total. The Morgan fingerprint density at radius 2 is 2.10 bits per heavy atom. The molecular weight excluding hydrogens is 288 g/mol. The molecule has 0 spiro atoms. The molecule has 1 aliphatic rings. The van der Waals surface area contributed by atoms with Gasteiger partial charge in [-0.1, -0.05) is 19.8 Å². The predicted octanol–water partition coefficient (Wildman–Crippen LogP) is 1.49. The SMILES string of the molecule is CCCn1cc(S(=O)(=O)N(C)C2CCCCC2N)nc1C. The van der Waals surface area contributed by atoms with Crippen molar-refractivity contribution < 1.29 is 8.42 Å². The Kier molecular flexibility index (Phi) is 5.06. The lowest BCUT2D eigenvalue weighted by Crippen LogP contribution is -2.50. The summed E-state index contributed by atoms with van der Waals surface area (Å²) in [5.74, 6) is 0.733.